The largest absolute Gasteiger partial charge is 0.312 e. The highest BCUT2D eigenvalue weighted by Gasteiger charge is 1.98. The maximum absolute atomic E-state index is 11.1. The Hall–Kier alpha value is -2.22. The highest BCUT2D eigenvalue weighted by molar-refractivity contribution is 7.16. The number of benzene rings is 1. The SMILES string of the molecule is [N-]=[N+]=NCC#Cc1ccc2[nH]c(=O)sc2c1. The van der Waals surface area contributed by atoms with E-state index >= 15 is 0 Å². The number of thiazole rings is 1. The molecule has 5 nitrogen and oxygen atoms in total. The van der Waals surface area contributed by atoms with Crippen molar-refractivity contribution in [3.8, 4) is 11.8 Å². The summed E-state index contributed by atoms with van der Waals surface area (Å²) >= 11 is 1.15. The number of H-pyrrole nitrogens is 1. The van der Waals surface area contributed by atoms with Crippen molar-refractivity contribution in [2.24, 2.45) is 5.11 Å². The van der Waals surface area contributed by atoms with Crippen LogP contribution in [-0.2, 0) is 0 Å². The van der Waals surface area contributed by atoms with Crippen LogP contribution in [-0.4, -0.2) is 11.5 Å². The molecule has 0 radical (unpaired) electrons. The van der Waals surface area contributed by atoms with Gasteiger partial charge in [-0.05, 0) is 23.7 Å². The Balaban J connectivity index is 2.34. The number of rotatable bonds is 1. The normalized spacial score (nSPS) is 9.25. The van der Waals surface area contributed by atoms with Gasteiger partial charge in [-0.1, -0.05) is 28.3 Å². The molecule has 0 bridgehead atoms. The Morgan fingerprint density at radius 2 is 2.44 bits per heavy atom. The van der Waals surface area contributed by atoms with Gasteiger partial charge in [-0.3, -0.25) is 4.79 Å². The van der Waals surface area contributed by atoms with Crippen LogP contribution < -0.4 is 4.87 Å². The summed E-state index contributed by atoms with van der Waals surface area (Å²) < 4.78 is 0.876. The molecular formula is C10H6N4OS. The molecule has 0 aliphatic carbocycles. The highest BCUT2D eigenvalue weighted by atomic mass is 32.1. The first-order valence-corrected chi connectivity index (χ1v) is 5.24. The van der Waals surface area contributed by atoms with Crippen LogP contribution in [0.3, 0.4) is 0 Å². The summed E-state index contributed by atoms with van der Waals surface area (Å²) in [6.07, 6.45) is 0. The number of azide groups is 1. The minimum atomic E-state index is -0.0748. The predicted molar refractivity (Wildman–Crippen MR) is 63.3 cm³/mol. The lowest BCUT2D eigenvalue weighted by Crippen LogP contribution is -1.89. The van der Waals surface area contributed by atoms with Gasteiger partial charge in [0.15, 0.2) is 0 Å². The molecule has 0 saturated carbocycles. The number of hydrogen-bond donors (Lipinski definition) is 1. The van der Waals surface area contributed by atoms with Crippen molar-refractivity contribution < 1.29 is 0 Å². The van der Waals surface area contributed by atoms with E-state index in [0.717, 1.165) is 27.1 Å². The number of hydrogen-bond acceptors (Lipinski definition) is 3. The van der Waals surface area contributed by atoms with Crippen molar-refractivity contribution in [2.45, 2.75) is 0 Å². The van der Waals surface area contributed by atoms with Crippen molar-refractivity contribution in [1.29, 1.82) is 0 Å². The smallest absolute Gasteiger partial charge is 0.305 e. The molecule has 0 aliphatic heterocycles. The summed E-state index contributed by atoms with van der Waals surface area (Å²) in [5.41, 5.74) is 9.68. The van der Waals surface area contributed by atoms with E-state index in [0.29, 0.717) is 0 Å². The van der Waals surface area contributed by atoms with E-state index in [4.69, 9.17) is 5.53 Å². The number of nitrogens with zero attached hydrogens (tertiary/aromatic N) is 3. The molecule has 1 heterocycles. The number of fused-ring (bicyclic) bond motifs is 1. The minimum absolute atomic E-state index is 0.0748. The van der Waals surface area contributed by atoms with Gasteiger partial charge in [-0.25, -0.2) is 0 Å². The lowest BCUT2D eigenvalue weighted by molar-refractivity contribution is 1.25. The van der Waals surface area contributed by atoms with Crippen molar-refractivity contribution in [3.63, 3.8) is 0 Å². The molecule has 0 amide bonds. The Morgan fingerprint density at radius 3 is 3.25 bits per heavy atom. The van der Waals surface area contributed by atoms with Crippen LogP contribution in [0.1, 0.15) is 5.56 Å². The van der Waals surface area contributed by atoms with E-state index in [1.165, 1.54) is 0 Å². The zero-order valence-electron chi connectivity index (χ0n) is 8.10. The Bertz CT molecular complexity index is 682. The molecule has 1 N–H and O–H groups in total. The fraction of sp³-hybridized carbons (Fsp3) is 0.100. The van der Waals surface area contributed by atoms with Gasteiger partial charge in [0, 0.05) is 10.5 Å². The van der Waals surface area contributed by atoms with Gasteiger partial charge in [0.25, 0.3) is 0 Å². The summed E-state index contributed by atoms with van der Waals surface area (Å²) in [6.45, 7) is 0.151. The molecule has 0 saturated heterocycles. The van der Waals surface area contributed by atoms with E-state index in [-0.39, 0.29) is 11.4 Å². The molecule has 16 heavy (non-hydrogen) atoms. The molecule has 78 valence electrons. The van der Waals surface area contributed by atoms with Gasteiger partial charge >= 0.3 is 4.87 Å². The van der Waals surface area contributed by atoms with E-state index in [1.807, 2.05) is 18.2 Å². The van der Waals surface area contributed by atoms with Gasteiger partial charge in [0.1, 0.15) is 0 Å². The molecule has 2 rings (SSSR count). The van der Waals surface area contributed by atoms with Crippen molar-refractivity contribution in [3.05, 3.63) is 43.9 Å². The average molecular weight is 230 g/mol. The third-order valence-corrected chi connectivity index (χ3v) is 2.71. The first kappa shape index (κ1) is 10.3. The molecule has 0 spiro atoms. The molecule has 1 aromatic heterocycles. The second-order valence-corrected chi connectivity index (χ2v) is 3.93. The van der Waals surface area contributed by atoms with Crippen molar-refractivity contribution >= 4 is 21.6 Å². The van der Waals surface area contributed by atoms with E-state index in [9.17, 15) is 4.79 Å². The first-order chi connectivity index (χ1) is 7.79. The molecule has 0 fully saturated rings. The monoisotopic (exact) mass is 230 g/mol. The molecular weight excluding hydrogens is 224 g/mol. The fourth-order valence-corrected chi connectivity index (χ4v) is 2.01. The van der Waals surface area contributed by atoms with E-state index in [1.54, 1.807) is 0 Å². The fourth-order valence-electron chi connectivity index (χ4n) is 1.23. The summed E-state index contributed by atoms with van der Waals surface area (Å²) in [6, 6.07) is 5.46. The van der Waals surface area contributed by atoms with E-state index < -0.39 is 0 Å². The van der Waals surface area contributed by atoms with Crippen LogP contribution in [0.4, 0.5) is 0 Å². The summed E-state index contributed by atoms with van der Waals surface area (Å²) in [7, 11) is 0. The van der Waals surface area contributed by atoms with Crippen LogP contribution in [0.2, 0.25) is 0 Å². The molecule has 1 aromatic carbocycles. The van der Waals surface area contributed by atoms with Gasteiger partial charge in [0.05, 0.1) is 16.8 Å². The van der Waals surface area contributed by atoms with Crippen LogP contribution in [0.15, 0.2) is 28.1 Å². The average Bonchev–Trinajstić information content (AvgIpc) is 2.64. The van der Waals surface area contributed by atoms with Crippen molar-refractivity contribution in [1.82, 2.24) is 4.98 Å². The number of nitrogens with one attached hydrogen (secondary N) is 1. The number of aromatic nitrogens is 1. The maximum atomic E-state index is 11.1. The molecule has 0 aliphatic rings. The summed E-state index contributed by atoms with van der Waals surface area (Å²) in [4.78, 5) is 16.3. The third-order valence-electron chi connectivity index (χ3n) is 1.87. The Labute approximate surface area is 94.4 Å². The first-order valence-electron chi connectivity index (χ1n) is 4.42. The molecule has 0 atom stereocenters. The van der Waals surface area contributed by atoms with Gasteiger partial charge in [-0.15, -0.1) is 0 Å². The molecule has 0 unspecified atom stereocenters. The number of aromatic amines is 1. The standard InChI is InChI=1S/C10H6N4OS/c11-14-12-5-1-2-7-3-4-8-9(6-7)16-10(15)13-8/h3-4,6H,5H2,(H,13,15). The van der Waals surface area contributed by atoms with Gasteiger partial charge in [0.2, 0.25) is 0 Å². The Kier molecular flexibility index (Phi) is 2.92. The second kappa shape index (κ2) is 4.53. The van der Waals surface area contributed by atoms with Crippen molar-refractivity contribution in [2.75, 3.05) is 6.54 Å². The maximum Gasteiger partial charge on any atom is 0.305 e. The molecule has 2 aromatic rings. The lowest BCUT2D eigenvalue weighted by atomic mass is 10.2. The van der Waals surface area contributed by atoms with E-state index in [2.05, 4.69) is 26.9 Å². The summed E-state index contributed by atoms with van der Waals surface area (Å²) in [5.74, 6) is 5.58. The minimum Gasteiger partial charge on any atom is -0.312 e. The lowest BCUT2D eigenvalue weighted by Gasteiger charge is -1.89. The van der Waals surface area contributed by atoms with Gasteiger partial charge < -0.3 is 4.98 Å². The topological polar surface area (TPSA) is 81.6 Å². The Morgan fingerprint density at radius 1 is 1.56 bits per heavy atom. The van der Waals surface area contributed by atoms with Gasteiger partial charge in [-0.2, -0.15) is 0 Å². The zero-order valence-corrected chi connectivity index (χ0v) is 8.91. The molecule has 6 heteroatoms. The van der Waals surface area contributed by atoms with Crippen LogP contribution in [0.25, 0.3) is 20.7 Å². The predicted octanol–water partition coefficient (Wildman–Crippen LogP) is 2.25. The van der Waals surface area contributed by atoms with Crippen LogP contribution in [0.5, 0.6) is 0 Å². The highest BCUT2D eigenvalue weighted by Crippen LogP contribution is 2.15. The second-order valence-electron chi connectivity index (χ2n) is 2.92. The van der Waals surface area contributed by atoms with Crippen LogP contribution in [0, 0.1) is 11.8 Å². The van der Waals surface area contributed by atoms with Crippen LogP contribution >= 0.6 is 11.3 Å². The third kappa shape index (κ3) is 2.23. The summed E-state index contributed by atoms with van der Waals surface area (Å²) in [5, 5.41) is 3.31. The zero-order chi connectivity index (χ0) is 11.4. The quantitative estimate of drug-likeness (QED) is 0.346.